The fourth-order valence-electron chi connectivity index (χ4n) is 1.65. The number of alkyl halides is 3. The second-order valence-corrected chi connectivity index (χ2v) is 3.96. The van der Waals surface area contributed by atoms with Crippen molar-refractivity contribution >= 4 is 0 Å². The van der Waals surface area contributed by atoms with Gasteiger partial charge in [-0.2, -0.15) is 13.2 Å². The smallest absolute Gasteiger partial charge is 0.372 e. The Morgan fingerprint density at radius 3 is 2.75 bits per heavy atom. The van der Waals surface area contributed by atoms with Gasteiger partial charge in [0.15, 0.2) is 0 Å². The highest BCUT2D eigenvalue weighted by Crippen LogP contribution is 2.14. The number of ether oxygens (including phenoxy) is 1. The van der Waals surface area contributed by atoms with Crippen molar-refractivity contribution in [3.8, 4) is 0 Å². The van der Waals surface area contributed by atoms with Crippen molar-refractivity contribution < 1.29 is 17.9 Å². The Kier molecular flexibility index (Phi) is 5.84. The van der Waals surface area contributed by atoms with Crippen LogP contribution in [0.5, 0.6) is 0 Å². The van der Waals surface area contributed by atoms with Gasteiger partial charge in [0.05, 0.1) is 0 Å². The van der Waals surface area contributed by atoms with E-state index in [2.05, 4.69) is 22.2 Å². The zero-order valence-electron chi connectivity index (χ0n) is 9.22. The minimum absolute atomic E-state index is 0.162. The maximum Gasteiger partial charge on any atom is 0.411 e. The molecule has 0 amide bonds. The van der Waals surface area contributed by atoms with Crippen LogP contribution in [0.3, 0.4) is 0 Å². The molecule has 0 saturated carbocycles. The maximum absolute atomic E-state index is 11.7. The number of allylic oxidation sites excluding steroid dienone is 1. The molecule has 1 rings (SSSR count). The molecule has 0 saturated heterocycles. The first-order valence-corrected chi connectivity index (χ1v) is 5.61. The summed E-state index contributed by atoms with van der Waals surface area (Å²) in [5.41, 5.74) is 0. The van der Waals surface area contributed by atoms with Gasteiger partial charge in [-0.25, -0.2) is 0 Å². The minimum atomic E-state index is -4.21. The lowest BCUT2D eigenvalue weighted by molar-refractivity contribution is -0.173. The number of hydrogen-bond donors (Lipinski definition) is 1. The van der Waals surface area contributed by atoms with Gasteiger partial charge in [-0.15, -0.1) is 0 Å². The molecule has 0 spiro atoms. The van der Waals surface area contributed by atoms with E-state index in [1.165, 1.54) is 0 Å². The van der Waals surface area contributed by atoms with E-state index in [4.69, 9.17) is 0 Å². The van der Waals surface area contributed by atoms with E-state index in [1.54, 1.807) is 0 Å². The number of nitrogens with one attached hydrogen (secondary N) is 1. The molecular formula is C11H18F3NO. The minimum Gasteiger partial charge on any atom is -0.372 e. The van der Waals surface area contributed by atoms with Crippen molar-refractivity contribution in [2.45, 2.75) is 37.9 Å². The monoisotopic (exact) mass is 237 g/mol. The van der Waals surface area contributed by atoms with Crippen molar-refractivity contribution in [2.75, 3.05) is 19.8 Å². The summed E-state index contributed by atoms with van der Waals surface area (Å²) in [6, 6.07) is 0.479. The summed E-state index contributed by atoms with van der Waals surface area (Å²) in [7, 11) is 0. The molecule has 0 fully saturated rings. The van der Waals surface area contributed by atoms with Crippen LogP contribution in [0, 0.1) is 0 Å². The normalized spacial score (nSPS) is 21.3. The van der Waals surface area contributed by atoms with Crippen molar-refractivity contribution in [2.24, 2.45) is 0 Å². The summed E-state index contributed by atoms with van der Waals surface area (Å²) in [5, 5.41) is 3.31. The zero-order valence-corrected chi connectivity index (χ0v) is 9.22. The van der Waals surface area contributed by atoms with Crippen molar-refractivity contribution in [1.29, 1.82) is 0 Å². The van der Waals surface area contributed by atoms with Crippen LogP contribution in [0.4, 0.5) is 13.2 Å². The van der Waals surface area contributed by atoms with Crippen molar-refractivity contribution in [1.82, 2.24) is 5.32 Å². The van der Waals surface area contributed by atoms with Gasteiger partial charge in [0.1, 0.15) is 6.61 Å². The van der Waals surface area contributed by atoms with Gasteiger partial charge in [0.25, 0.3) is 0 Å². The third kappa shape index (κ3) is 6.85. The van der Waals surface area contributed by atoms with E-state index in [0.29, 0.717) is 12.5 Å². The molecule has 0 heterocycles. The molecule has 1 aliphatic carbocycles. The molecule has 1 unspecified atom stereocenters. The standard InChI is InChI=1S/C11H18F3NO/c12-11(13,14)9-16-8-4-7-15-10-5-2-1-3-6-10/h1-2,10,15H,3-9H2. The van der Waals surface area contributed by atoms with Crippen LogP contribution >= 0.6 is 0 Å². The van der Waals surface area contributed by atoms with Crippen molar-refractivity contribution in [3.63, 3.8) is 0 Å². The second kappa shape index (κ2) is 6.91. The summed E-state index contributed by atoms with van der Waals surface area (Å²) in [6.45, 7) is -0.259. The van der Waals surface area contributed by atoms with E-state index in [1.807, 2.05) is 0 Å². The first-order valence-electron chi connectivity index (χ1n) is 5.61. The highest BCUT2D eigenvalue weighted by molar-refractivity contribution is 4.92. The highest BCUT2D eigenvalue weighted by atomic mass is 19.4. The Bertz CT molecular complexity index is 216. The molecule has 1 N–H and O–H groups in total. The average Bonchev–Trinajstić information content (AvgIpc) is 2.23. The molecule has 0 bridgehead atoms. The first-order chi connectivity index (χ1) is 7.58. The summed E-state index contributed by atoms with van der Waals surface area (Å²) >= 11 is 0. The SMILES string of the molecule is FC(F)(F)COCCCNC1CC=CCC1. The Morgan fingerprint density at radius 1 is 1.31 bits per heavy atom. The average molecular weight is 237 g/mol. The van der Waals surface area contributed by atoms with Crippen LogP contribution in [-0.2, 0) is 4.74 Å². The van der Waals surface area contributed by atoms with Gasteiger partial charge in [-0.3, -0.25) is 0 Å². The Hall–Kier alpha value is -0.550. The molecule has 94 valence electrons. The number of halogens is 3. The van der Waals surface area contributed by atoms with Crippen LogP contribution in [0.2, 0.25) is 0 Å². The number of rotatable bonds is 6. The van der Waals surface area contributed by atoms with Crippen LogP contribution in [-0.4, -0.2) is 32.0 Å². The maximum atomic E-state index is 11.7. The molecule has 1 aliphatic rings. The summed E-state index contributed by atoms with van der Waals surface area (Å²) in [5.74, 6) is 0. The quantitative estimate of drug-likeness (QED) is 0.566. The van der Waals surface area contributed by atoms with E-state index >= 15 is 0 Å². The molecule has 2 nitrogen and oxygen atoms in total. The van der Waals surface area contributed by atoms with E-state index in [-0.39, 0.29) is 6.61 Å². The van der Waals surface area contributed by atoms with Gasteiger partial charge in [0.2, 0.25) is 0 Å². The highest BCUT2D eigenvalue weighted by Gasteiger charge is 2.27. The predicted octanol–water partition coefficient (Wildman–Crippen LogP) is 2.65. The molecule has 0 aromatic carbocycles. The Morgan fingerprint density at radius 2 is 2.12 bits per heavy atom. The largest absolute Gasteiger partial charge is 0.411 e. The Labute approximate surface area is 93.9 Å². The van der Waals surface area contributed by atoms with E-state index in [0.717, 1.165) is 25.8 Å². The molecule has 0 radical (unpaired) electrons. The summed E-state index contributed by atoms with van der Waals surface area (Å²) < 4.78 is 39.6. The predicted molar refractivity (Wildman–Crippen MR) is 56.3 cm³/mol. The fraction of sp³-hybridized carbons (Fsp3) is 0.818. The lowest BCUT2D eigenvalue weighted by atomic mass is 10.0. The third-order valence-corrected chi connectivity index (χ3v) is 2.43. The van der Waals surface area contributed by atoms with Gasteiger partial charge in [0, 0.05) is 12.6 Å². The molecule has 5 heteroatoms. The lowest BCUT2D eigenvalue weighted by Gasteiger charge is -2.19. The van der Waals surface area contributed by atoms with E-state index < -0.39 is 12.8 Å². The van der Waals surface area contributed by atoms with Gasteiger partial charge in [-0.05, 0) is 32.2 Å². The van der Waals surface area contributed by atoms with E-state index in [9.17, 15) is 13.2 Å². The molecule has 0 aromatic rings. The molecule has 0 aliphatic heterocycles. The Balaban J connectivity index is 1.90. The summed E-state index contributed by atoms with van der Waals surface area (Å²) in [6.07, 6.45) is 3.93. The van der Waals surface area contributed by atoms with Crippen LogP contribution in [0.15, 0.2) is 12.2 Å². The van der Waals surface area contributed by atoms with Crippen LogP contribution in [0.25, 0.3) is 0 Å². The third-order valence-electron chi connectivity index (χ3n) is 2.43. The first kappa shape index (κ1) is 13.5. The van der Waals surface area contributed by atoms with Crippen LogP contribution < -0.4 is 5.32 Å². The second-order valence-electron chi connectivity index (χ2n) is 3.96. The van der Waals surface area contributed by atoms with Crippen molar-refractivity contribution in [3.05, 3.63) is 12.2 Å². The molecular weight excluding hydrogens is 219 g/mol. The molecule has 0 aromatic heterocycles. The molecule has 16 heavy (non-hydrogen) atoms. The zero-order chi connectivity index (χ0) is 11.9. The van der Waals surface area contributed by atoms with Crippen LogP contribution in [0.1, 0.15) is 25.7 Å². The number of hydrogen-bond acceptors (Lipinski definition) is 2. The lowest BCUT2D eigenvalue weighted by Crippen LogP contribution is -2.31. The topological polar surface area (TPSA) is 21.3 Å². The fourth-order valence-corrected chi connectivity index (χ4v) is 1.65. The van der Waals surface area contributed by atoms with Gasteiger partial charge in [-0.1, -0.05) is 12.2 Å². The molecule has 1 atom stereocenters. The van der Waals surface area contributed by atoms with Gasteiger partial charge >= 0.3 is 6.18 Å². The summed E-state index contributed by atoms with van der Waals surface area (Å²) in [4.78, 5) is 0. The van der Waals surface area contributed by atoms with Gasteiger partial charge < -0.3 is 10.1 Å².